The van der Waals surface area contributed by atoms with E-state index in [-0.39, 0.29) is 18.1 Å². The normalized spacial score (nSPS) is 17.7. The molecule has 0 spiro atoms. The average Bonchev–Trinajstić information content (AvgIpc) is 3.12. The van der Waals surface area contributed by atoms with Gasteiger partial charge in [0.25, 0.3) is 0 Å². The van der Waals surface area contributed by atoms with Crippen LogP contribution >= 0.6 is 0 Å². The molecule has 272 valence electrons. The number of hydrogen-bond acceptors (Lipinski definition) is 8. The Morgan fingerprint density at radius 1 is 0.940 bits per heavy atom. The summed E-state index contributed by atoms with van der Waals surface area (Å²) in [6.45, 7) is 11.8. The lowest BCUT2D eigenvalue weighted by Crippen LogP contribution is -2.48. The first kappa shape index (κ1) is 37.5. The van der Waals surface area contributed by atoms with Crippen LogP contribution in [0.1, 0.15) is 81.0 Å². The summed E-state index contributed by atoms with van der Waals surface area (Å²) in [5.74, 6) is 1.80. The molecule has 3 aromatic rings. The standard InChI is InChI=1S/C41H57N3O6/c1-41(2,3)50-40(45)44-24-20-36(32-16-18-35(19-17-32)48-26-10-25-47-30-34-11-5-6-13-38(34)46-4)39(28-44)49-29-31-14-15-33-12-9-23-43(37(33)27-31)22-8-7-21-42/h5-6,11,13-19,27,36,39H,7-10,12,20-26,28-30,42H2,1-4H3/t36-,39+/m1/s1. The van der Waals surface area contributed by atoms with Crippen molar-refractivity contribution in [1.82, 2.24) is 4.90 Å². The van der Waals surface area contributed by atoms with Gasteiger partial charge >= 0.3 is 6.09 Å². The first-order valence-corrected chi connectivity index (χ1v) is 18.3. The number of hydrogen-bond donors (Lipinski definition) is 1. The lowest BCUT2D eigenvalue weighted by Gasteiger charge is -2.39. The number of para-hydroxylation sites is 1. The number of carbonyl (C=O) groups excluding carboxylic acids is 1. The fourth-order valence-electron chi connectivity index (χ4n) is 6.79. The first-order chi connectivity index (χ1) is 24.2. The number of rotatable bonds is 16. The third-order valence-electron chi connectivity index (χ3n) is 9.38. The molecule has 2 N–H and O–H groups in total. The summed E-state index contributed by atoms with van der Waals surface area (Å²) in [5, 5.41) is 0. The number of aryl methyl sites for hydroxylation is 1. The van der Waals surface area contributed by atoms with Gasteiger partial charge in [-0.25, -0.2) is 4.79 Å². The van der Waals surface area contributed by atoms with Gasteiger partial charge in [0.15, 0.2) is 0 Å². The maximum absolute atomic E-state index is 13.1. The SMILES string of the molecule is COc1ccccc1COCCCOc1ccc([C@H]2CCN(C(=O)OC(C)(C)C)C[C@@H]2OCc2ccc3c(c2)N(CCCCN)CCC3)cc1. The van der Waals surface area contributed by atoms with Crippen LogP contribution in [0.4, 0.5) is 10.5 Å². The number of likely N-dealkylation sites (tertiary alicyclic amines) is 1. The van der Waals surface area contributed by atoms with Crippen LogP contribution in [0.5, 0.6) is 11.5 Å². The minimum atomic E-state index is -0.555. The van der Waals surface area contributed by atoms with Crippen LogP contribution in [0.25, 0.3) is 0 Å². The van der Waals surface area contributed by atoms with Gasteiger partial charge in [0, 0.05) is 43.2 Å². The summed E-state index contributed by atoms with van der Waals surface area (Å²) in [7, 11) is 1.67. The van der Waals surface area contributed by atoms with Crippen molar-refractivity contribution in [1.29, 1.82) is 0 Å². The third-order valence-corrected chi connectivity index (χ3v) is 9.38. The van der Waals surface area contributed by atoms with Gasteiger partial charge in [0.2, 0.25) is 0 Å². The van der Waals surface area contributed by atoms with Crippen LogP contribution in [0.2, 0.25) is 0 Å². The number of carbonyl (C=O) groups is 1. The van der Waals surface area contributed by atoms with E-state index in [9.17, 15) is 4.79 Å². The third kappa shape index (κ3) is 10.9. The Hall–Kier alpha value is -3.79. The Bertz CT molecular complexity index is 1490. The van der Waals surface area contributed by atoms with Crippen molar-refractivity contribution in [3.63, 3.8) is 0 Å². The molecule has 2 aliphatic heterocycles. The van der Waals surface area contributed by atoms with Crippen molar-refractivity contribution >= 4 is 11.8 Å². The number of benzene rings is 3. The molecule has 3 aromatic carbocycles. The molecule has 1 fully saturated rings. The molecule has 0 aliphatic carbocycles. The van der Waals surface area contributed by atoms with Gasteiger partial charge in [-0.1, -0.05) is 42.5 Å². The molecule has 0 unspecified atom stereocenters. The van der Waals surface area contributed by atoms with E-state index in [1.807, 2.05) is 57.2 Å². The van der Waals surface area contributed by atoms with Gasteiger partial charge in [0.05, 0.1) is 46.2 Å². The average molecular weight is 688 g/mol. The Balaban J connectivity index is 1.19. The largest absolute Gasteiger partial charge is 0.496 e. The molecule has 2 atom stereocenters. The van der Waals surface area contributed by atoms with Crippen LogP contribution in [-0.4, -0.2) is 75.7 Å². The fraction of sp³-hybridized carbons (Fsp3) is 0.537. The van der Waals surface area contributed by atoms with E-state index in [1.165, 1.54) is 23.2 Å². The van der Waals surface area contributed by atoms with E-state index in [2.05, 4.69) is 35.2 Å². The number of ether oxygens (including phenoxy) is 5. The monoisotopic (exact) mass is 687 g/mol. The smallest absolute Gasteiger partial charge is 0.410 e. The highest BCUT2D eigenvalue weighted by molar-refractivity contribution is 5.68. The summed E-state index contributed by atoms with van der Waals surface area (Å²) < 4.78 is 29.8. The van der Waals surface area contributed by atoms with Crippen LogP contribution in [0, 0.1) is 0 Å². The van der Waals surface area contributed by atoms with Crippen molar-refractivity contribution in [2.24, 2.45) is 5.73 Å². The quantitative estimate of drug-likeness (QED) is 0.155. The van der Waals surface area contributed by atoms with Crippen molar-refractivity contribution < 1.29 is 28.5 Å². The molecular formula is C41H57N3O6. The zero-order chi connectivity index (χ0) is 35.3. The highest BCUT2D eigenvalue weighted by Gasteiger charge is 2.35. The van der Waals surface area contributed by atoms with Crippen molar-refractivity contribution in [3.05, 3.63) is 89.0 Å². The van der Waals surface area contributed by atoms with Crippen molar-refractivity contribution in [2.45, 2.75) is 90.1 Å². The molecule has 0 radical (unpaired) electrons. The maximum Gasteiger partial charge on any atom is 0.410 e. The fourth-order valence-corrected chi connectivity index (χ4v) is 6.79. The molecule has 50 heavy (non-hydrogen) atoms. The van der Waals surface area contributed by atoms with Gasteiger partial charge in [-0.2, -0.15) is 0 Å². The van der Waals surface area contributed by atoms with Crippen LogP contribution in [-0.2, 0) is 33.8 Å². The summed E-state index contributed by atoms with van der Waals surface area (Å²) in [6, 6.07) is 23.0. The van der Waals surface area contributed by atoms with Gasteiger partial charge < -0.3 is 39.2 Å². The summed E-state index contributed by atoms with van der Waals surface area (Å²) in [6.07, 6.45) is 5.53. The second kappa shape index (κ2) is 18.4. The molecular weight excluding hydrogens is 630 g/mol. The molecule has 0 saturated carbocycles. The van der Waals surface area contributed by atoms with E-state index >= 15 is 0 Å². The molecule has 5 rings (SSSR count). The highest BCUT2D eigenvalue weighted by Crippen LogP contribution is 2.34. The van der Waals surface area contributed by atoms with Gasteiger partial charge in [0.1, 0.15) is 17.1 Å². The molecule has 9 nitrogen and oxygen atoms in total. The van der Waals surface area contributed by atoms with E-state index in [1.54, 1.807) is 12.0 Å². The predicted molar refractivity (Wildman–Crippen MR) is 198 cm³/mol. The molecule has 1 saturated heterocycles. The second-order valence-electron chi connectivity index (χ2n) is 14.4. The Labute approximate surface area is 299 Å². The van der Waals surface area contributed by atoms with Crippen LogP contribution in [0.3, 0.4) is 0 Å². The molecule has 9 heteroatoms. The predicted octanol–water partition coefficient (Wildman–Crippen LogP) is 7.48. The van der Waals surface area contributed by atoms with E-state index < -0.39 is 5.60 Å². The van der Waals surface area contributed by atoms with Gasteiger partial charge in [-0.3, -0.25) is 0 Å². The maximum atomic E-state index is 13.1. The number of piperidine rings is 1. The second-order valence-corrected chi connectivity index (χ2v) is 14.4. The topological polar surface area (TPSA) is 95.7 Å². The van der Waals surface area contributed by atoms with Crippen LogP contribution in [0.15, 0.2) is 66.7 Å². The number of nitrogens with two attached hydrogens (primary N) is 1. The number of nitrogens with zero attached hydrogens (tertiary/aromatic N) is 2. The minimum absolute atomic E-state index is 0.136. The number of anilines is 1. The lowest BCUT2D eigenvalue weighted by molar-refractivity contribution is -0.0359. The van der Waals surface area contributed by atoms with Crippen LogP contribution < -0.4 is 20.1 Å². The van der Waals surface area contributed by atoms with Crippen molar-refractivity contribution in [2.75, 3.05) is 57.9 Å². The van der Waals surface area contributed by atoms with E-state index in [4.69, 9.17) is 29.4 Å². The Kier molecular flexibility index (Phi) is 13.8. The molecule has 1 amide bonds. The Morgan fingerprint density at radius 3 is 2.54 bits per heavy atom. The lowest BCUT2D eigenvalue weighted by atomic mass is 9.87. The number of fused-ring (bicyclic) bond motifs is 1. The molecule has 0 bridgehead atoms. The minimum Gasteiger partial charge on any atom is -0.496 e. The Morgan fingerprint density at radius 2 is 1.76 bits per heavy atom. The first-order valence-electron chi connectivity index (χ1n) is 18.3. The molecule has 0 aromatic heterocycles. The van der Waals surface area contributed by atoms with Gasteiger partial charge in [-0.05, 0) is 100 Å². The zero-order valence-electron chi connectivity index (χ0n) is 30.5. The van der Waals surface area contributed by atoms with E-state index in [0.29, 0.717) is 39.5 Å². The summed E-state index contributed by atoms with van der Waals surface area (Å²) >= 11 is 0. The summed E-state index contributed by atoms with van der Waals surface area (Å²) in [5.41, 5.74) is 11.3. The number of unbranched alkanes of at least 4 members (excludes halogenated alkanes) is 1. The van der Waals surface area contributed by atoms with E-state index in [0.717, 1.165) is 74.4 Å². The molecule has 2 heterocycles. The zero-order valence-corrected chi connectivity index (χ0v) is 30.5. The number of amides is 1. The number of methoxy groups -OCH3 is 1. The van der Waals surface area contributed by atoms with Gasteiger partial charge in [-0.15, -0.1) is 0 Å². The highest BCUT2D eigenvalue weighted by atomic mass is 16.6. The van der Waals surface area contributed by atoms with Crippen molar-refractivity contribution in [3.8, 4) is 11.5 Å². The summed E-state index contributed by atoms with van der Waals surface area (Å²) in [4.78, 5) is 17.4. The molecule has 2 aliphatic rings.